The van der Waals surface area contributed by atoms with Crippen LogP contribution in [0, 0.1) is 0 Å². The van der Waals surface area contributed by atoms with Crippen LogP contribution >= 0.6 is 0 Å². The fraction of sp³-hybridized carbons (Fsp3) is 0. The molecule has 0 bridgehead atoms. The van der Waals surface area contributed by atoms with Crippen LogP contribution in [0.15, 0.2) is 188 Å². The Kier molecular flexibility index (Phi) is 7.14. The Morgan fingerprint density at radius 2 is 0.750 bits per heavy atom. The van der Waals surface area contributed by atoms with Crippen molar-refractivity contribution in [1.82, 2.24) is 15.0 Å². The predicted molar refractivity (Wildman–Crippen MR) is 217 cm³/mol. The molecule has 0 unspecified atom stereocenters. The summed E-state index contributed by atoms with van der Waals surface area (Å²) in [5.41, 5.74) is 9.19. The van der Waals surface area contributed by atoms with Crippen LogP contribution in [0.5, 0.6) is 0 Å². The van der Waals surface area contributed by atoms with Gasteiger partial charge in [-0.2, -0.15) is 0 Å². The standard InChI is InChI=1S/C49H31N3/c1-2-12-33(13-3-1)46-31-47(35-25-23-34(24-26-35)45-20-10-11-29-50-45)52-49(51-46)36-27-21-32(22-28-36)43-30-44-39-16-5-4-14-37(39)38-15-6-8-18-41(38)48(44)42-19-9-7-17-40(42)43/h1-31H. The van der Waals surface area contributed by atoms with Crippen LogP contribution in [0.25, 0.3) is 99.4 Å². The van der Waals surface area contributed by atoms with E-state index in [0.29, 0.717) is 5.82 Å². The molecule has 0 fully saturated rings. The molecule has 3 heteroatoms. The third kappa shape index (κ3) is 5.10. The number of hydrogen-bond donors (Lipinski definition) is 0. The van der Waals surface area contributed by atoms with Crippen molar-refractivity contribution in [2.45, 2.75) is 0 Å². The molecule has 10 aromatic rings. The SMILES string of the molecule is c1ccc(-c2cc(-c3ccc(-c4ccccn4)cc3)nc(-c3ccc(-c4cc5c6ccccc6c6ccccc6c5c5ccccc45)cc3)n2)cc1. The molecule has 2 heterocycles. The van der Waals surface area contributed by atoms with Crippen LogP contribution < -0.4 is 0 Å². The lowest BCUT2D eigenvalue weighted by atomic mass is 9.87. The highest BCUT2D eigenvalue weighted by Crippen LogP contribution is 2.43. The predicted octanol–water partition coefficient (Wildman–Crippen LogP) is 12.8. The maximum absolute atomic E-state index is 5.13. The topological polar surface area (TPSA) is 38.7 Å². The normalized spacial score (nSPS) is 11.5. The summed E-state index contributed by atoms with van der Waals surface area (Å²) >= 11 is 0. The maximum atomic E-state index is 5.13. The second-order valence-corrected chi connectivity index (χ2v) is 13.2. The molecule has 0 radical (unpaired) electrons. The highest BCUT2D eigenvalue weighted by Gasteiger charge is 2.16. The molecule has 0 aliphatic carbocycles. The van der Waals surface area contributed by atoms with E-state index in [0.717, 1.165) is 44.9 Å². The average Bonchev–Trinajstić information content (AvgIpc) is 3.24. The Labute approximate surface area is 301 Å². The molecule has 0 saturated heterocycles. The first kappa shape index (κ1) is 29.9. The smallest absolute Gasteiger partial charge is 0.160 e. The third-order valence-electron chi connectivity index (χ3n) is 10.1. The first-order valence-corrected chi connectivity index (χ1v) is 17.6. The molecule has 10 rings (SSSR count). The molecule has 0 amide bonds. The van der Waals surface area contributed by atoms with Gasteiger partial charge in [-0.15, -0.1) is 0 Å². The summed E-state index contributed by atoms with van der Waals surface area (Å²) < 4.78 is 0. The van der Waals surface area contributed by atoms with E-state index in [1.807, 2.05) is 42.6 Å². The van der Waals surface area contributed by atoms with Crippen molar-refractivity contribution in [3.63, 3.8) is 0 Å². The lowest BCUT2D eigenvalue weighted by molar-refractivity contribution is 1.18. The van der Waals surface area contributed by atoms with Crippen molar-refractivity contribution in [2.75, 3.05) is 0 Å². The zero-order valence-electron chi connectivity index (χ0n) is 28.2. The molecule has 0 spiro atoms. The molecule has 0 N–H and O–H groups in total. The van der Waals surface area contributed by atoms with Crippen LogP contribution in [-0.4, -0.2) is 15.0 Å². The van der Waals surface area contributed by atoms with Gasteiger partial charge in [0.25, 0.3) is 0 Å². The summed E-state index contributed by atoms with van der Waals surface area (Å²) in [6.45, 7) is 0. The van der Waals surface area contributed by atoms with Gasteiger partial charge in [-0.1, -0.05) is 158 Å². The lowest BCUT2D eigenvalue weighted by Gasteiger charge is -2.16. The number of benzene rings is 8. The molecule has 52 heavy (non-hydrogen) atoms. The number of fused-ring (bicyclic) bond motifs is 8. The van der Waals surface area contributed by atoms with E-state index in [9.17, 15) is 0 Å². The fourth-order valence-electron chi connectivity index (χ4n) is 7.63. The Morgan fingerprint density at radius 1 is 0.288 bits per heavy atom. The minimum absolute atomic E-state index is 0.692. The van der Waals surface area contributed by atoms with Gasteiger partial charge in [0, 0.05) is 28.5 Å². The van der Waals surface area contributed by atoms with Crippen LogP contribution in [0.4, 0.5) is 0 Å². The van der Waals surface area contributed by atoms with Crippen molar-refractivity contribution in [2.24, 2.45) is 0 Å². The van der Waals surface area contributed by atoms with Crippen LogP contribution in [-0.2, 0) is 0 Å². The molecular formula is C49H31N3. The molecule has 2 aromatic heterocycles. The van der Waals surface area contributed by atoms with Crippen molar-refractivity contribution in [1.29, 1.82) is 0 Å². The van der Waals surface area contributed by atoms with Crippen molar-refractivity contribution in [3.05, 3.63) is 188 Å². The Morgan fingerprint density at radius 3 is 1.38 bits per heavy atom. The Hall–Kier alpha value is -6.97. The van der Waals surface area contributed by atoms with Gasteiger partial charge in [-0.05, 0) is 78.5 Å². The summed E-state index contributed by atoms with van der Waals surface area (Å²) in [4.78, 5) is 14.8. The van der Waals surface area contributed by atoms with Crippen molar-refractivity contribution < 1.29 is 0 Å². The van der Waals surface area contributed by atoms with E-state index >= 15 is 0 Å². The number of rotatable bonds is 5. The van der Waals surface area contributed by atoms with Crippen molar-refractivity contribution >= 4 is 43.1 Å². The minimum Gasteiger partial charge on any atom is -0.256 e. The zero-order valence-corrected chi connectivity index (χ0v) is 28.2. The molecule has 0 atom stereocenters. The van der Waals surface area contributed by atoms with Gasteiger partial charge >= 0.3 is 0 Å². The Balaban J connectivity index is 1.11. The molecule has 0 aliphatic rings. The highest BCUT2D eigenvalue weighted by atomic mass is 14.9. The number of nitrogens with zero attached hydrogens (tertiary/aromatic N) is 3. The average molecular weight is 662 g/mol. The third-order valence-corrected chi connectivity index (χ3v) is 10.1. The second-order valence-electron chi connectivity index (χ2n) is 13.2. The largest absolute Gasteiger partial charge is 0.256 e. The van der Waals surface area contributed by atoms with Gasteiger partial charge in [0.2, 0.25) is 0 Å². The monoisotopic (exact) mass is 661 g/mol. The van der Waals surface area contributed by atoms with E-state index in [4.69, 9.17) is 9.97 Å². The van der Waals surface area contributed by atoms with Gasteiger partial charge in [0.1, 0.15) is 0 Å². The summed E-state index contributed by atoms with van der Waals surface area (Å²) in [5, 5.41) is 10.2. The molecular weight excluding hydrogens is 631 g/mol. The number of aromatic nitrogens is 3. The number of pyridine rings is 1. The van der Waals surface area contributed by atoms with E-state index in [1.54, 1.807) is 0 Å². The van der Waals surface area contributed by atoms with Gasteiger partial charge < -0.3 is 0 Å². The maximum Gasteiger partial charge on any atom is 0.160 e. The van der Waals surface area contributed by atoms with E-state index in [1.165, 1.54) is 48.7 Å². The van der Waals surface area contributed by atoms with Crippen LogP contribution in [0.1, 0.15) is 0 Å². The molecule has 8 aromatic carbocycles. The van der Waals surface area contributed by atoms with Crippen molar-refractivity contribution in [3.8, 4) is 56.3 Å². The van der Waals surface area contributed by atoms with Gasteiger partial charge in [-0.25, -0.2) is 9.97 Å². The van der Waals surface area contributed by atoms with E-state index in [2.05, 4.69) is 151 Å². The minimum atomic E-state index is 0.692. The first-order valence-electron chi connectivity index (χ1n) is 17.6. The number of hydrogen-bond acceptors (Lipinski definition) is 3. The lowest BCUT2D eigenvalue weighted by Crippen LogP contribution is -1.96. The highest BCUT2D eigenvalue weighted by molar-refractivity contribution is 6.33. The second kappa shape index (κ2) is 12.4. The molecule has 242 valence electrons. The summed E-state index contributed by atoms with van der Waals surface area (Å²) in [6.07, 6.45) is 1.82. The first-order chi connectivity index (χ1) is 25.8. The fourth-order valence-corrected chi connectivity index (χ4v) is 7.63. The summed E-state index contributed by atoms with van der Waals surface area (Å²) in [7, 11) is 0. The molecule has 0 aliphatic heterocycles. The van der Waals surface area contributed by atoms with Gasteiger partial charge in [-0.3, -0.25) is 4.98 Å². The molecule has 3 nitrogen and oxygen atoms in total. The zero-order chi connectivity index (χ0) is 34.4. The summed E-state index contributed by atoms with van der Waals surface area (Å²) in [6, 6.07) is 64.4. The van der Waals surface area contributed by atoms with E-state index in [-0.39, 0.29) is 0 Å². The Bertz CT molecular complexity index is 2920. The summed E-state index contributed by atoms with van der Waals surface area (Å²) in [5.74, 6) is 0.692. The van der Waals surface area contributed by atoms with Gasteiger partial charge in [0.05, 0.1) is 17.1 Å². The van der Waals surface area contributed by atoms with E-state index < -0.39 is 0 Å². The van der Waals surface area contributed by atoms with Gasteiger partial charge in [0.15, 0.2) is 5.82 Å². The van der Waals surface area contributed by atoms with Crippen LogP contribution in [0.2, 0.25) is 0 Å². The quantitative estimate of drug-likeness (QED) is 0.172. The molecule has 0 saturated carbocycles. The van der Waals surface area contributed by atoms with Crippen LogP contribution in [0.3, 0.4) is 0 Å².